The summed E-state index contributed by atoms with van der Waals surface area (Å²) in [5.74, 6) is 1.64. The van der Waals surface area contributed by atoms with Crippen LogP contribution in [0.15, 0.2) is 42.5 Å². The summed E-state index contributed by atoms with van der Waals surface area (Å²) in [4.78, 5) is 12.3. The van der Waals surface area contributed by atoms with E-state index >= 15 is 0 Å². The van der Waals surface area contributed by atoms with Crippen LogP contribution in [-0.2, 0) is 11.2 Å². The van der Waals surface area contributed by atoms with Gasteiger partial charge >= 0.3 is 0 Å². The first-order valence-corrected chi connectivity index (χ1v) is 8.32. The van der Waals surface area contributed by atoms with Crippen LogP contribution in [0, 0.1) is 19.8 Å². The molecule has 1 unspecified atom stereocenters. The Labute approximate surface area is 142 Å². The fraction of sp³-hybridized carbons (Fsp3) is 0.350. The quantitative estimate of drug-likeness (QED) is 0.860. The van der Waals surface area contributed by atoms with Gasteiger partial charge in [-0.25, -0.2) is 0 Å². The Kier molecular flexibility index (Phi) is 5.04. The Bertz CT molecular complexity index is 727. The normalized spacial score (nSPS) is 16.0. The number of amides is 1. The minimum absolute atomic E-state index is 0.0220. The third-order valence-corrected chi connectivity index (χ3v) is 4.24. The highest BCUT2D eigenvalue weighted by Crippen LogP contribution is 2.26. The predicted molar refractivity (Wildman–Crippen MR) is 93.6 cm³/mol. The van der Waals surface area contributed by atoms with E-state index in [-0.39, 0.29) is 11.8 Å². The summed E-state index contributed by atoms with van der Waals surface area (Å²) in [6.07, 6.45) is 0.722. The van der Waals surface area contributed by atoms with E-state index in [2.05, 4.69) is 18.3 Å². The minimum atomic E-state index is -0.138. The molecule has 0 saturated carbocycles. The highest BCUT2D eigenvalue weighted by molar-refractivity contribution is 5.79. The van der Waals surface area contributed by atoms with Crippen molar-refractivity contribution in [1.29, 1.82) is 0 Å². The molecule has 2 aromatic carbocycles. The van der Waals surface area contributed by atoms with E-state index in [1.807, 2.05) is 43.3 Å². The second-order valence-electron chi connectivity index (χ2n) is 6.23. The molecular formula is C20H23NO3. The van der Waals surface area contributed by atoms with E-state index in [1.54, 1.807) is 0 Å². The lowest BCUT2D eigenvalue weighted by atomic mass is 9.96. The number of nitrogens with one attached hydrogen (secondary N) is 1. The van der Waals surface area contributed by atoms with Gasteiger partial charge in [-0.15, -0.1) is 0 Å². The molecule has 0 radical (unpaired) electrons. The molecule has 126 valence electrons. The smallest absolute Gasteiger partial charge is 0.227 e. The van der Waals surface area contributed by atoms with E-state index in [9.17, 15) is 4.79 Å². The van der Waals surface area contributed by atoms with Crippen LogP contribution < -0.4 is 14.8 Å². The first-order chi connectivity index (χ1) is 11.6. The van der Waals surface area contributed by atoms with Crippen molar-refractivity contribution in [3.8, 4) is 11.5 Å². The fourth-order valence-corrected chi connectivity index (χ4v) is 2.94. The molecule has 1 heterocycles. The van der Waals surface area contributed by atoms with E-state index in [0.717, 1.165) is 29.0 Å². The third kappa shape index (κ3) is 3.88. The average molecular weight is 325 g/mol. The van der Waals surface area contributed by atoms with Crippen molar-refractivity contribution in [2.24, 2.45) is 5.92 Å². The summed E-state index contributed by atoms with van der Waals surface area (Å²) >= 11 is 0. The maximum Gasteiger partial charge on any atom is 0.227 e. The van der Waals surface area contributed by atoms with Crippen LogP contribution in [0.25, 0.3) is 0 Å². The second-order valence-corrected chi connectivity index (χ2v) is 6.23. The zero-order chi connectivity index (χ0) is 16.9. The van der Waals surface area contributed by atoms with Crippen LogP contribution in [0.5, 0.6) is 11.5 Å². The van der Waals surface area contributed by atoms with Crippen LogP contribution in [0.1, 0.15) is 16.7 Å². The standard InChI is InChI=1S/C20H23NO3/c1-14-7-8-18(15(2)11-14)23-10-9-21-20(22)17-12-16-5-3-4-6-19(16)24-13-17/h3-8,11,17H,9-10,12-13H2,1-2H3,(H,21,22). The molecule has 1 aliphatic rings. The van der Waals surface area contributed by atoms with Crippen molar-refractivity contribution in [3.63, 3.8) is 0 Å². The molecule has 4 heteroatoms. The average Bonchev–Trinajstić information content (AvgIpc) is 2.59. The molecule has 1 atom stereocenters. The van der Waals surface area contributed by atoms with Gasteiger partial charge in [0.05, 0.1) is 12.5 Å². The molecule has 0 spiro atoms. The number of ether oxygens (including phenoxy) is 2. The van der Waals surface area contributed by atoms with Gasteiger partial charge < -0.3 is 14.8 Å². The Balaban J connectivity index is 1.45. The van der Waals surface area contributed by atoms with Gasteiger partial charge in [0.15, 0.2) is 0 Å². The molecule has 0 bridgehead atoms. The van der Waals surface area contributed by atoms with Crippen molar-refractivity contribution in [3.05, 3.63) is 59.2 Å². The maximum absolute atomic E-state index is 12.3. The number of hydrogen-bond acceptors (Lipinski definition) is 3. The lowest BCUT2D eigenvalue weighted by molar-refractivity contribution is -0.126. The highest BCUT2D eigenvalue weighted by Gasteiger charge is 2.25. The number of carbonyl (C=O) groups excluding carboxylic acids is 1. The first-order valence-electron chi connectivity index (χ1n) is 8.32. The lowest BCUT2D eigenvalue weighted by Gasteiger charge is -2.24. The van der Waals surface area contributed by atoms with Crippen LogP contribution in [0.2, 0.25) is 0 Å². The van der Waals surface area contributed by atoms with Gasteiger partial charge in [0, 0.05) is 0 Å². The van der Waals surface area contributed by atoms with Crippen LogP contribution in [0.4, 0.5) is 0 Å². The molecule has 24 heavy (non-hydrogen) atoms. The Morgan fingerprint density at radius 1 is 1.25 bits per heavy atom. The number of hydrogen-bond donors (Lipinski definition) is 1. The van der Waals surface area contributed by atoms with Gasteiger partial charge in [-0.05, 0) is 43.5 Å². The van der Waals surface area contributed by atoms with Crippen molar-refractivity contribution < 1.29 is 14.3 Å². The minimum Gasteiger partial charge on any atom is -0.492 e. The van der Waals surface area contributed by atoms with Crippen LogP contribution >= 0.6 is 0 Å². The SMILES string of the molecule is Cc1ccc(OCCNC(=O)C2COc3ccccc3C2)c(C)c1. The summed E-state index contributed by atoms with van der Waals surface area (Å²) in [7, 11) is 0. The summed E-state index contributed by atoms with van der Waals surface area (Å²) < 4.78 is 11.4. The van der Waals surface area contributed by atoms with Crippen LogP contribution in [0.3, 0.4) is 0 Å². The summed E-state index contributed by atoms with van der Waals surface area (Å²) in [5.41, 5.74) is 3.42. The molecule has 0 aliphatic carbocycles. The predicted octanol–water partition coefficient (Wildman–Crippen LogP) is 3.05. The van der Waals surface area contributed by atoms with E-state index in [1.165, 1.54) is 5.56 Å². The number of para-hydroxylation sites is 1. The molecule has 2 aromatic rings. The van der Waals surface area contributed by atoms with Gasteiger partial charge in [-0.3, -0.25) is 4.79 Å². The number of carbonyl (C=O) groups is 1. The molecular weight excluding hydrogens is 302 g/mol. The van der Waals surface area contributed by atoms with E-state index in [0.29, 0.717) is 19.8 Å². The topological polar surface area (TPSA) is 47.6 Å². The molecule has 1 aliphatic heterocycles. The molecule has 1 amide bonds. The van der Waals surface area contributed by atoms with Crippen molar-refractivity contribution in [2.75, 3.05) is 19.8 Å². The summed E-state index contributed by atoms with van der Waals surface area (Å²) in [6, 6.07) is 14.0. The van der Waals surface area contributed by atoms with Gasteiger partial charge in [0.2, 0.25) is 5.91 Å². The van der Waals surface area contributed by atoms with Gasteiger partial charge in [0.25, 0.3) is 0 Å². The monoisotopic (exact) mass is 325 g/mol. The molecule has 4 nitrogen and oxygen atoms in total. The number of aryl methyl sites for hydroxylation is 2. The maximum atomic E-state index is 12.3. The van der Waals surface area contributed by atoms with Gasteiger partial charge in [-0.2, -0.15) is 0 Å². The second kappa shape index (κ2) is 7.39. The number of rotatable bonds is 5. The molecule has 0 saturated heterocycles. The first kappa shape index (κ1) is 16.4. The number of benzene rings is 2. The molecule has 1 N–H and O–H groups in total. The Hall–Kier alpha value is -2.49. The Morgan fingerprint density at radius 2 is 2.08 bits per heavy atom. The lowest BCUT2D eigenvalue weighted by Crippen LogP contribution is -2.39. The van der Waals surface area contributed by atoms with Gasteiger partial charge in [-0.1, -0.05) is 35.9 Å². The van der Waals surface area contributed by atoms with Crippen molar-refractivity contribution in [1.82, 2.24) is 5.32 Å². The molecule has 0 aromatic heterocycles. The zero-order valence-electron chi connectivity index (χ0n) is 14.2. The van der Waals surface area contributed by atoms with Crippen molar-refractivity contribution in [2.45, 2.75) is 20.3 Å². The number of fused-ring (bicyclic) bond motifs is 1. The molecule has 0 fully saturated rings. The fourth-order valence-electron chi connectivity index (χ4n) is 2.94. The largest absolute Gasteiger partial charge is 0.492 e. The Morgan fingerprint density at radius 3 is 2.92 bits per heavy atom. The van der Waals surface area contributed by atoms with Crippen LogP contribution in [-0.4, -0.2) is 25.7 Å². The highest BCUT2D eigenvalue weighted by atomic mass is 16.5. The summed E-state index contributed by atoms with van der Waals surface area (Å²) in [5, 5.41) is 2.94. The zero-order valence-corrected chi connectivity index (χ0v) is 14.2. The third-order valence-electron chi connectivity index (χ3n) is 4.24. The molecule has 3 rings (SSSR count). The van der Waals surface area contributed by atoms with E-state index < -0.39 is 0 Å². The van der Waals surface area contributed by atoms with E-state index in [4.69, 9.17) is 9.47 Å². The summed E-state index contributed by atoms with van der Waals surface area (Å²) in [6.45, 7) is 5.46. The van der Waals surface area contributed by atoms with Crippen molar-refractivity contribution >= 4 is 5.91 Å². The van der Waals surface area contributed by atoms with Gasteiger partial charge in [0.1, 0.15) is 24.7 Å².